The molecule has 0 rings (SSSR count). The van der Waals surface area contributed by atoms with E-state index in [4.69, 9.17) is 11.6 Å². The summed E-state index contributed by atoms with van der Waals surface area (Å²) in [6.07, 6.45) is 0. The molecule has 0 bridgehead atoms. The second kappa shape index (κ2) is 5.25. The molecule has 0 aliphatic carbocycles. The van der Waals surface area contributed by atoms with Gasteiger partial charge in [-0.15, -0.1) is 11.6 Å². The maximum Gasteiger partial charge on any atom is 0.0758 e. The summed E-state index contributed by atoms with van der Waals surface area (Å²) < 4.78 is -0.0162. The first-order valence-electron chi connectivity index (χ1n) is 4.88. The van der Waals surface area contributed by atoms with E-state index < -0.39 is 0 Å². The van der Waals surface area contributed by atoms with E-state index in [-0.39, 0.29) is 14.1 Å². The molecule has 0 aromatic rings. The first kappa shape index (κ1) is 12.5. The highest BCUT2D eigenvalue weighted by Gasteiger charge is 2.27. The van der Waals surface area contributed by atoms with Crippen LogP contribution >= 0.6 is 11.6 Å². The van der Waals surface area contributed by atoms with Gasteiger partial charge in [-0.25, -0.2) is 0 Å². The predicted octanol–water partition coefficient (Wildman–Crippen LogP) is 2.24. The zero-order valence-corrected chi connectivity index (χ0v) is 11.2. The second-order valence-corrected chi connectivity index (χ2v) is 8.59. The van der Waals surface area contributed by atoms with Gasteiger partial charge in [0.1, 0.15) is 0 Å². The zero-order chi connectivity index (χ0) is 9.78. The van der Waals surface area contributed by atoms with Crippen LogP contribution < -0.4 is 0 Å². The van der Waals surface area contributed by atoms with E-state index >= 15 is 0 Å². The molecule has 1 nitrogen and oxygen atoms in total. The quantitative estimate of drug-likeness (QED) is 0.380. The summed E-state index contributed by atoms with van der Waals surface area (Å²) in [6.45, 7) is 13.2. The van der Waals surface area contributed by atoms with Crippen LogP contribution in [0.3, 0.4) is 0 Å². The van der Waals surface area contributed by atoms with Gasteiger partial charge in [-0.05, 0) is 20.0 Å². The maximum atomic E-state index is 6.49. The van der Waals surface area contributed by atoms with Gasteiger partial charge in [-0.1, -0.05) is 33.2 Å². The average Bonchev–Trinajstić information content (AvgIpc) is 1.85. The highest BCUT2D eigenvalue weighted by Crippen LogP contribution is 2.22. The van der Waals surface area contributed by atoms with Crippen molar-refractivity contribution in [2.24, 2.45) is 0 Å². The highest BCUT2D eigenvalue weighted by atomic mass is 35.5. The van der Waals surface area contributed by atoms with Crippen molar-refractivity contribution in [3.05, 3.63) is 0 Å². The van der Waals surface area contributed by atoms with Crippen molar-refractivity contribution in [3.63, 3.8) is 0 Å². The fourth-order valence-corrected chi connectivity index (χ4v) is 5.12. The lowest BCUT2D eigenvalue weighted by atomic mass is 10.5. The molecule has 0 aromatic heterocycles. The molecule has 0 radical (unpaired) electrons. The number of hydrogen-bond donors (Lipinski definition) is 0. The van der Waals surface area contributed by atoms with E-state index in [0.29, 0.717) is 0 Å². The minimum Gasteiger partial charge on any atom is -0.289 e. The van der Waals surface area contributed by atoms with Crippen molar-refractivity contribution in [2.45, 2.75) is 44.8 Å². The molecule has 0 aliphatic heterocycles. The van der Waals surface area contributed by atoms with Gasteiger partial charge in [0.15, 0.2) is 0 Å². The van der Waals surface area contributed by atoms with Crippen molar-refractivity contribution in [3.8, 4) is 0 Å². The summed E-state index contributed by atoms with van der Waals surface area (Å²) in [7, 11) is -0.204. The summed E-state index contributed by atoms with van der Waals surface area (Å²) in [5.74, 6) is 0. The Morgan fingerprint density at radius 2 is 1.75 bits per heavy atom. The summed E-state index contributed by atoms with van der Waals surface area (Å²) in [4.78, 5) is 2.36. The van der Waals surface area contributed by atoms with Crippen molar-refractivity contribution in [1.29, 1.82) is 0 Å². The lowest BCUT2D eigenvalue weighted by Gasteiger charge is -2.35. The molecular weight excluding hydrogens is 186 g/mol. The van der Waals surface area contributed by atoms with Crippen LogP contribution in [0.25, 0.3) is 0 Å². The molecule has 0 fully saturated rings. The van der Waals surface area contributed by atoms with E-state index in [1.807, 2.05) is 0 Å². The molecule has 0 saturated carbocycles. The van der Waals surface area contributed by atoms with E-state index in [9.17, 15) is 0 Å². The molecule has 0 aliphatic rings. The maximum absolute atomic E-state index is 6.49. The SMILES string of the molecule is CCN(CC)C(C)(Cl)[SiH2]C(C)C. The molecular formula is C9H22ClNSi. The van der Waals surface area contributed by atoms with Gasteiger partial charge in [0.25, 0.3) is 0 Å². The molecule has 3 heteroatoms. The summed E-state index contributed by atoms with van der Waals surface area (Å²) in [5.41, 5.74) is 0.799. The second-order valence-electron chi connectivity index (χ2n) is 3.91. The lowest BCUT2D eigenvalue weighted by Crippen LogP contribution is -2.47. The normalized spacial score (nSPS) is 18.0. The highest BCUT2D eigenvalue weighted by molar-refractivity contribution is 6.57. The topological polar surface area (TPSA) is 3.24 Å². The molecule has 0 amide bonds. The van der Waals surface area contributed by atoms with E-state index in [1.54, 1.807) is 0 Å². The average molecular weight is 208 g/mol. The van der Waals surface area contributed by atoms with Gasteiger partial charge >= 0.3 is 0 Å². The Balaban J connectivity index is 4.14. The third-order valence-corrected chi connectivity index (χ3v) is 4.91. The van der Waals surface area contributed by atoms with Crippen LogP contribution in [0.2, 0.25) is 5.54 Å². The van der Waals surface area contributed by atoms with Crippen LogP contribution in [0.15, 0.2) is 0 Å². The van der Waals surface area contributed by atoms with Crippen LogP contribution in [0, 0.1) is 0 Å². The van der Waals surface area contributed by atoms with Crippen LogP contribution in [0.4, 0.5) is 0 Å². The molecule has 0 saturated heterocycles. The molecule has 1 atom stereocenters. The Bertz CT molecular complexity index is 122. The van der Waals surface area contributed by atoms with E-state index in [2.05, 4.69) is 39.5 Å². The minimum atomic E-state index is -0.204. The number of hydrogen-bond acceptors (Lipinski definition) is 1. The van der Waals surface area contributed by atoms with Gasteiger partial charge in [0.05, 0.1) is 14.1 Å². The van der Waals surface area contributed by atoms with Crippen molar-refractivity contribution in [2.75, 3.05) is 13.1 Å². The van der Waals surface area contributed by atoms with Gasteiger partial charge in [-0.3, -0.25) is 4.90 Å². The number of alkyl halides is 1. The third kappa shape index (κ3) is 3.92. The summed E-state index contributed by atoms with van der Waals surface area (Å²) in [5, 5.41) is 0. The Morgan fingerprint density at radius 3 is 2.00 bits per heavy atom. The first-order chi connectivity index (χ1) is 5.44. The number of rotatable bonds is 5. The number of halogens is 1. The van der Waals surface area contributed by atoms with E-state index in [1.165, 1.54) is 0 Å². The number of nitrogens with zero attached hydrogens (tertiary/aromatic N) is 1. The van der Waals surface area contributed by atoms with Crippen LogP contribution in [-0.2, 0) is 0 Å². The van der Waals surface area contributed by atoms with Gasteiger partial charge < -0.3 is 0 Å². The van der Waals surface area contributed by atoms with Crippen LogP contribution in [0.1, 0.15) is 34.6 Å². The zero-order valence-electron chi connectivity index (χ0n) is 9.02. The standard InChI is InChI=1S/C9H22ClNSi/c1-6-11(7-2)9(5,10)12-8(3)4/h8H,6-7,12H2,1-5H3. The van der Waals surface area contributed by atoms with Crippen molar-refractivity contribution >= 4 is 21.1 Å². The molecule has 0 N–H and O–H groups in total. The predicted molar refractivity (Wildman–Crippen MR) is 60.8 cm³/mol. The monoisotopic (exact) mass is 207 g/mol. The minimum absolute atomic E-state index is 0.0162. The Kier molecular flexibility index (Phi) is 5.46. The molecule has 12 heavy (non-hydrogen) atoms. The fraction of sp³-hybridized carbons (Fsp3) is 1.00. The third-order valence-electron chi connectivity index (χ3n) is 2.20. The van der Waals surface area contributed by atoms with Gasteiger partial charge in [-0.2, -0.15) is 0 Å². The summed E-state index contributed by atoms with van der Waals surface area (Å²) in [6, 6.07) is 0. The van der Waals surface area contributed by atoms with Gasteiger partial charge in [0.2, 0.25) is 0 Å². The Morgan fingerprint density at radius 1 is 1.33 bits per heavy atom. The lowest BCUT2D eigenvalue weighted by molar-refractivity contribution is 0.257. The van der Waals surface area contributed by atoms with Crippen LogP contribution in [0.5, 0.6) is 0 Å². The molecule has 0 spiro atoms. The Hall–Kier alpha value is 0.467. The smallest absolute Gasteiger partial charge is 0.0758 e. The molecule has 0 aromatic carbocycles. The fourth-order valence-electron chi connectivity index (χ4n) is 1.76. The Labute approximate surface area is 84.3 Å². The molecule has 1 unspecified atom stereocenters. The van der Waals surface area contributed by atoms with Gasteiger partial charge in [0, 0.05) is 0 Å². The van der Waals surface area contributed by atoms with Crippen molar-refractivity contribution < 1.29 is 0 Å². The largest absolute Gasteiger partial charge is 0.289 e. The van der Waals surface area contributed by atoms with E-state index in [0.717, 1.165) is 18.6 Å². The van der Waals surface area contributed by atoms with Crippen LogP contribution in [-0.4, -0.2) is 32.1 Å². The van der Waals surface area contributed by atoms with Crippen molar-refractivity contribution in [1.82, 2.24) is 4.90 Å². The first-order valence-corrected chi connectivity index (χ1v) is 6.78. The summed E-state index contributed by atoms with van der Waals surface area (Å²) >= 11 is 6.49. The molecule has 0 heterocycles. The molecule has 74 valence electrons.